The van der Waals surface area contributed by atoms with E-state index in [1.54, 1.807) is 0 Å². The van der Waals surface area contributed by atoms with E-state index in [9.17, 15) is 0 Å². The van der Waals surface area contributed by atoms with Gasteiger partial charge in [-0.2, -0.15) is 0 Å². The molecule has 3 heteroatoms. The lowest BCUT2D eigenvalue weighted by Gasteiger charge is -2.64. The van der Waals surface area contributed by atoms with E-state index >= 15 is 9.59 Å². The molecule has 0 radical (unpaired) electrons. The Kier molecular flexibility index (Phi) is 6.49. The first-order valence-corrected chi connectivity index (χ1v) is 25.7. The van der Waals surface area contributed by atoms with E-state index in [2.05, 4.69) is 198 Å². The van der Waals surface area contributed by atoms with Crippen LogP contribution in [0.3, 0.4) is 0 Å². The Balaban J connectivity index is 1.03. The zero-order chi connectivity index (χ0) is 46.9. The molecule has 2 aromatic heterocycles. The molecule has 3 nitrogen and oxygen atoms in total. The molecule has 17 rings (SSSR count). The summed E-state index contributed by atoms with van der Waals surface area (Å²) >= 11 is 0. The Morgan fingerprint density at radius 1 is 0.414 bits per heavy atom. The standard InChI is InChI=1S/C67H51NO2/c1-63(2,3)32-65(33-64(4,5)6)47-22-12-7-17-34(47)40-28-43-39-27-41-44(61(69)58-37-20-10-15-25-50(37)66(58)48-23-13-8-18-35(48)55(41)66)30-52(39)68-53-31-45-42(29-46(53)54(57(40)65)60(43)68)56-36-19-9-14-24-49(36)67(56)51-26-16-11-21-38(51)59(67)62(45)70/h7-31,55-56,58-59H,32-33H2,1-6H3. The summed E-state index contributed by atoms with van der Waals surface area (Å²) < 4.78 is 2.51. The molecular formula is C67H51NO2. The maximum absolute atomic E-state index is 15.6. The number of rotatable bonds is 2. The quantitative estimate of drug-likeness (QED) is 0.173. The van der Waals surface area contributed by atoms with E-state index in [1.165, 1.54) is 93.8 Å². The fourth-order valence-corrected chi connectivity index (χ4v) is 17.7. The van der Waals surface area contributed by atoms with Gasteiger partial charge in [0, 0.05) is 60.8 Å². The van der Waals surface area contributed by atoms with Gasteiger partial charge in [-0.25, -0.2) is 0 Å². The highest BCUT2D eigenvalue weighted by molar-refractivity contribution is 6.28. The number of ketones is 2. The lowest BCUT2D eigenvalue weighted by Crippen LogP contribution is -2.61. The highest BCUT2D eigenvalue weighted by Gasteiger charge is 2.71. The van der Waals surface area contributed by atoms with Crippen LogP contribution in [0.15, 0.2) is 152 Å². The Labute approximate surface area is 407 Å². The Bertz CT molecular complexity index is 4170. The van der Waals surface area contributed by atoms with Gasteiger partial charge in [0.05, 0.1) is 28.4 Å². The van der Waals surface area contributed by atoms with Crippen molar-refractivity contribution in [2.75, 3.05) is 0 Å². The number of nitrogens with zero attached hydrogens (tertiary/aromatic N) is 1. The predicted molar refractivity (Wildman–Crippen MR) is 281 cm³/mol. The summed E-state index contributed by atoms with van der Waals surface area (Å²) in [5.41, 5.74) is 22.2. The third-order valence-electron chi connectivity index (χ3n) is 19.1. The third kappa shape index (κ3) is 3.93. The molecule has 2 heterocycles. The highest BCUT2D eigenvalue weighted by Crippen LogP contribution is 2.76. The molecule has 2 spiro atoms. The molecule has 0 bridgehead atoms. The summed E-state index contributed by atoms with van der Waals surface area (Å²) in [5.74, 6) is 0.205. The minimum atomic E-state index is -0.354. The number of hydrogen-bond acceptors (Lipinski definition) is 2. The van der Waals surface area contributed by atoms with Crippen molar-refractivity contribution in [2.45, 2.75) is 94.3 Å². The number of hydrogen-bond donors (Lipinski definition) is 0. The molecule has 7 aliphatic carbocycles. The van der Waals surface area contributed by atoms with Crippen LogP contribution < -0.4 is 0 Å². The predicted octanol–water partition coefficient (Wildman–Crippen LogP) is 15.4. The molecule has 0 saturated carbocycles. The fourth-order valence-electron chi connectivity index (χ4n) is 17.7. The van der Waals surface area contributed by atoms with Gasteiger partial charge in [-0.15, -0.1) is 0 Å². The average Bonchev–Trinajstić information content (AvgIpc) is 3.91. The summed E-state index contributed by atoms with van der Waals surface area (Å²) in [4.78, 5) is 31.2. The highest BCUT2D eigenvalue weighted by atomic mass is 16.1. The lowest BCUT2D eigenvalue weighted by atomic mass is 9.36. The smallest absolute Gasteiger partial charge is 0.171 e. The molecule has 7 aliphatic rings. The van der Waals surface area contributed by atoms with Crippen molar-refractivity contribution >= 4 is 49.7 Å². The fraction of sp³-hybridized carbons (Fsp3) is 0.254. The van der Waals surface area contributed by atoms with Gasteiger partial charge >= 0.3 is 0 Å². The zero-order valence-electron chi connectivity index (χ0n) is 40.4. The van der Waals surface area contributed by atoms with Crippen molar-refractivity contribution in [3.63, 3.8) is 0 Å². The van der Waals surface area contributed by atoms with Gasteiger partial charge in [-0.3, -0.25) is 9.59 Å². The van der Waals surface area contributed by atoms with Crippen molar-refractivity contribution in [3.8, 4) is 11.1 Å². The minimum absolute atomic E-state index is 0.0120. The zero-order valence-corrected chi connectivity index (χ0v) is 40.4. The summed E-state index contributed by atoms with van der Waals surface area (Å²) in [5, 5.41) is 4.96. The monoisotopic (exact) mass is 901 g/mol. The van der Waals surface area contributed by atoms with Crippen LogP contribution in [0.4, 0.5) is 0 Å². The van der Waals surface area contributed by atoms with Gasteiger partial charge in [0.2, 0.25) is 0 Å². The molecule has 0 fully saturated rings. The van der Waals surface area contributed by atoms with E-state index < -0.39 is 0 Å². The summed E-state index contributed by atoms with van der Waals surface area (Å²) in [6.45, 7) is 14.5. The van der Waals surface area contributed by atoms with E-state index in [0.717, 1.165) is 46.1 Å². The van der Waals surface area contributed by atoms with Crippen molar-refractivity contribution in [1.29, 1.82) is 0 Å². The molecule has 70 heavy (non-hydrogen) atoms. The van der Waals surface area contributed by atoms with E-state index in [1.807, 2.05) is 0 Å². The Hall–Kier alpha value is -7.10. The van der Waals surface area contributed by atoms with Gasteiger partial charge in [0.15, 0.2) is 11.6 Å². The first kappa shape index (κ1) is 38.7. The van der Waals surface area contributed by atoms with Gasteiger partial charge in [0.1, 0.15) is 0 Å². The van der Waals surface area contributed by atoms with Crippen LogP contribution in [-0.4, -0.2) is 16.0 Å². The SMILES string of the molecule is CC(C)(C)CC1(CC(C)(C)C)c2ccccc2-c2cc3c4cc5c(cc4n4c6cc7c(cc6c(c21)c34)C1c2ccccc2C12c1ccccc1C2C7=O)C(=O)C1c2ccccc2C12c1ccccc1C52. The van der Waals surface area contributed by atoms with Crippen LogP contribution in [0, 0.1) is 10.8 Å². The number of Topliss-reactive ketones (excluding diaryl/α,β-unsaturated/α-hetero) is 2. The first-order chi connectivity index (χ1) is 33.8. The number of carbonyl (C=O) groups excluding carboxylic acids is 2. The van der Waals surface area contributed by atoms with Gasteiger partial charge in [-0.05, 0) is 132 Å². The second kappa shape index (κ2) is 11.7. The number of benzene rings is 8. The first-order valence-electron chi connectivity index (χ1n) is 25.7. The maximum Gasteiger partial charge on any atom is 0.171 e. The van der Waals surface area contributed by atoms with Gasteiger partial charge in [0.25, 0.3) is 0 Å². The molecule has 6 atom stereocenters. The number of aromatic nitrogens is 1. The third-order valence-corrected chi connectivity index (χ3v) is 19.1. The summed E-state index contributed by atoms with van der Waals surface area (Å²) in [7, 11) is 0. The van der Waals surface area contributed by atoms with Crippen LogP contribution in [0.2, 0.25) is 0 Å². The molecule has 0 aliphatic heterocycles. The van der Waals surface area contributed by atoms with Crippen LogP contribution >= 0.6 is 0 Å². The van der Waals surface area contributed by atoms with E-state index in [4.69, 9.17) is 0 Å². The second-order valence-electron chi connectivity index (χ2n) is 25.0. The molecule has 0 saturated heterocycles. The van der Waals surface area contributed by atoms with Crippen molar-refractivity contribution in [2.24, 2.45) is 10.8 Å². The molecule has 6 unspecified atom stereocenters. The number of carbonyl (C=O) groups is 2. The molecule has 10 aromatic rings. The van der Waals surface area contributed by atoms with Gasteiger partial charge < -0.3 is 4.40 Å². The van der Waals surface area contributed by atoms with Crippen LogP contribution in [0.5, 0.6) is 0 Å². The Morgan fingerprint density at radius 3 is 1.31 bits per heavy atom. The normalized spacial score (nSPS) is 25.1. The summed E-state index contributed by atoms with van der Waals surface area (Å²) in [6.07, 6.45) is 1.98. The Morgan fingerprint density at radius 2 is 0.829 bits per heavy atom. The van der Waals surface area contributed by atoms with Crippen LogP contribution in [0.1, 0.15) is 166 Å². The second-order valence-corrected chi connectivity index (χ2v) is 25.0. The average molecular weight is 902 g/mol. The number of fused-ring (bicyclic) bond motifs is 22. The van der Waals surface area contributed by atoms with Crippen molar-refractivity contribution in [3.05, 3.63) is 230 Å². The largest absolute Gasteiger partial charge is 0.308 e. The van der Waals surface area contributed by atoms with Crippen LogP contribution in [-0.2, 0) is 16.2 Å². The maximum atomic E-state index is 15.6. The molecule has 336 valence electrons. The minimum Gasteiger partial charge on any atom is -0.308 e. The topological polar surface area (TPSA) is 38.5 Å². The molecule has 0 amide bonds. The molecule has 0 N–H and O–H groups in total. The van der Waals surface area contributed by atoms with Gasteiger partial charge in [-0.1, -0.05) is 163 Å². The lowest BCUT2D eigenvalue weighted by molar-refractivity contribution is 0.0839. The molecular weight excluding hydrogens is 851 g/mol. The van der Waals surface area contributed by atoms with Crippen molar-refractivity contribution in [1.82, 2.24) is 4.40 Å². The summed E-state index contributed by atoms with van der Waals surface area (Å²) in [6, 6.07) is 56.7. The van der Waals surface area contributed by atoms with E-state index in [-0.39, 0.29) is 62.3 Å². The van der Waals surface area contributed by atoms with E-state index in [0.29, 0.717) is 0 Å². The van der Waals surface area contributed by atoms with Crippen molar-refractivity contribution < 1.29 is 9.59 Å². The van der Waals surface area contributed by atoms with Crippen LogP contribution in [0.25, 0.3) is 49.2 Å². The molecule has 8 aromatic carbocycles.